The van der Waals surface area contributed by atoms with E-state index < -0.39 is 0 Å². The Hall–Kier alpha value is -2.27. The maximum Gasteiger partial charge on any atom is 0.272 e. The molecule has 21 heavy (non-hydrogen) atoms. The van der Waals surface area contributed by atoms with Gasteiger partial charge in [0.05, 0.1) is 4.92 Å². The van der Waals surface area contributed by atoms with E-state index in [1.54, 1.807) is 31.2 Å². The van der Waals surface area contributed by atoms with Crippen molar-refractivity contribution in [2.75, 3.05) is 0 Å². The minimum absolute atomic E-state index is 0.104. The summed E-state index contributed by atoms with van der Waals surface area (Å²) >= 11 is 0. The van der Waals surface area contributed by atoms with Crippen LogP contribution in [-0.2, 0) is 6.54 Å². The van der Waals surface area contributed by atoms with Crippen LogP contribution in [0.4, 0.5) is 10.1 Å². The van der Waals surface area contributed by atoms with Crippen LogP contribution in [0, 0.1) is 22.9 Å². The second kappa shape index (κ2) is 6.45. The van der Waals surface area contributed by atoms with Gasteiger partial charge >= 0.3 is 0 Å². The molecule has 2 rings (SSSR count). The van der Waals surface area contributed by atoms with Crippen molar-refractivity contribution in [2.24, 2.45) is 0 Å². The highest BCUT2D eigenvalue weighted by Crippen LogP contribution is 2.22. The molecule has 0 saturated heterocycles. The van der Waals surface area contributed by atoms with Gasteiger partial charge in [0.2, 0.25) is 0 Å². The van der Waals surface area contributed by atoms with Crippen molar-refractivity contribution in [3.05, 3.63) is 75.1 Å². The van der Waals surface area contributed by atoms with Crippen molar-refractivity contribution in [1.82, 2.24) is 5.32 Å². The van der Waals surface area contributed by atoms with Gasteiger partial charge in [-0.25, -0.2) is 4.39 Å². The molecule has 0 radical (unpaired) electrons. The van der Waals surface area contributed by atoms with Crippen LogP contribution >= 0.6 is 0 Å². The van der Waals surface area contributed by atoms with Gasteiger partial charge in [0, 0.05) is 29.8 Å². The number of nitro benzene ring substituents is 1. The molecule has 4 nitrogen and oxygen atoms in total. The predicted molar refractivity (Wildman–Crippen MR) is 79.5 cm³/mol. The van der Waals surface area contributed by atoms with E-state index in [0.29, 0.717) is 17.7 Å². The van der Waals surface area contributed by atoms with Crippen LogP contribution < -0.4 is 5.32 Å². The Morgan fingerprint density at radius 2 is 1.95 bits per heavy atom. The van der Waals surface area contributed by atoms with Gasteiger partial charge in [-0.1, -0.05) is 30.3 Å². The molecule has 0 unspecified atom stereocenters. The molecule has 2 aromatic carbocycles. The number of nitrogens with one attached hydrogen (secondary N) is 1. The van der Waals surface area contributed by atoms with Gasteiger partial charge in [0.15, 0.2) is 0 Å². The lowest BCUT2D eigenvalue weighted by Gasteiger charge is -2.16. The Labute approximate surface area is 122 Å². The van der Waals surface area contributed by atoms with Crippen molar-refractivity contribution < 1.29 is 9.31 Å². The lowest BCUT2D eigenvalue weighted by Crippen LogP contribution is -2.19. The first-order valence-corrected chi connectivity index (χ1v) is 6.71. The number of benzene rings is 2. The van der Waals surface area contributed by atoms with E-state index in [-0.39, 0.29) is 22.5 Å². The molecule has 2 aromatic rings. The van der Waals surface area contributed by atoms with E-state index in [4.69, 9.17) is 0 Å². The summed E-state index contributed by atoms with van der Waals surface area (Å²) in [7, 11) is 0. The quantitative estimate of drug-likeness (QED) is 0.670. The molecule has 5 heteroatoms. The van der Waals surface area contributed by atoms with Crippen molar-refractivity contribution in [3.8, 4) is 0 Å². The first kappa shape index (κ1) is 15.1. The zero-order valence-electron chi connectivity index (χ0n) is 12.0. The maximum atomic E-state index is 13.7. The Morgan fingerprint density at radius 1 is 1.24 bits per heavy atom. The fourth-order valence-electron chi connectivity index (χ4n) is 2.26. The topological polar surface area (TPSA) is 55.2 Å². The third kappa shape index (κ3) is 3.44. The van der Waals surface area contributed by atoms with Gasteiger partial charge < -0.3 is 5.32 Å². The lowest BCUT2D eigenvalue weighted by atomic mass is 10.0. The Morgan fingerprint density at radius 3 is 2.62 bits per heavy atom. The maximum absolute atomic E-state index is 13.7. The fraction of sp³-hybridized carbons (Fsp3) is 0.250. The average Bonchev–Trinajstić information content (AvgIpc) is 2.46. The van der Waals surface area contributed by atoms with Crippen molar-refractivity contribution >= 4 is 5.69 Å². The molecule has 0 aliphatic heterocycles. The summed E-state index contributed by atoms with van der Waals surface area (Å²) in [5, 5.41) is 14.1. The minimum Gasteiger partial charge on any atom is -0.306 e. The van der Waals surface area contributed by atoms with E-state index in [0.717, 1.165) is 5.56 Å². The van der Waals surface area contributed by atoms with Crippen molar-refractivity contribution in [2.45, 2.75) is 26.4 Å². The normalized spacial score (nSPS) is 12.1. The van der Waals surface area contributed by atoms with Crippen LogP contribution in [-0.4, -0.2) is 4.92 Å². The number of nitrogens with zero attached hydrogens (tertiary/aromatic N) is 1. The third-order valence-electron chi connectivity index (χ3n) is 3.58. The van der Waals surface area contributed by atoms with Gasteiger partial charge in [0.25, 0.3) is 5.69 Å². The molecule has 110 valence electrons. The summed E-state index contributed by atoms with van der Waals surface area (Å²) in [4.78, 5) is 10.5. The SMILES string of the molecule is Cc1c(CN[C@H](C)c2ccccc2F)cccc1[N+](=O)[O-]. The Balaban J connectivity index is 2.12. The van der Waals surface area contributed by atoms with Gasteiger partial charge in [-0.3, -0.25) is 10.1 Å². The molecule has 0 heterocycles. The molecule has 0 saturated carbocycles. The van der Waals surface area contributed by atoms with E-state index in [2.05, 4.69) is 5.32 Å². The monoisotopic (exact) mass is 288 g/mol. The average molecular weight is 288 g/mol. The molecule has 0 amide bonds. The standard InChI is InChI=1S/C16H17FN2O2/c1-11-13(6-5-9-16(11)19(20)21)10-18-12(2)14-7-3-4-8-15(14)17/h3-9,12,18H,10H2,1-2H3/t12-/m1/s1. The fourth-order valence-corrected chi connectivity index (χ4v) is 2.26. The molecular formula is C16H17FN2O2. The summed E-state index contributed by atoms with van der Waals surface area (Å²) in [6.07, 6.45) is 0. The zero-order chi connectivity index (χ0) is 15.4. The minimum atomic E-state index is -0.390. The lowest BCUT2D eigenvalue weighted by molar-refractivity contribution is -0.385. The first-order chi connectivity index (χ1) is 10.0. The molecule has 1 N–H and O–H groups in total. The van der Waals surface area contributed by atoms with E-state index in [9.17, 15) is 14.5 Å². The number of nitro groups is 1. The molecule has 1 atom stereocenters. The van der Waals surface area contributed by atoms with E-state index >= 15 is 0 Å². The van der Waals surface area contributed by atoms with E-state index in [1.165, 1.54) is 12.1 Å². The summed E-state index contributed by atoms with van der Waals surface area (Å²) in [5.41, 5.74) is 2.16. The van der Waals surface area contributed by atoms with Gasteiger partial charge in [-0.2, -0.15) is 0 Å². The van der Waals surface area contributed by atoms with E-state index in [1.807, 2.05) is 13.0 Å². The summed E-state index contributed by atoms with van der Waals surface area (Å²) in [6.45, 7) is 4.04. The van der Waals surface area contributed by atoms with Crippen LogP contribution in [0.5, 0.6) is 0 Å². The summed E-state index contributed by atoms with van der Waals surface area (Å²) in [5.74, 6) is -0.256. The highest BCUT2D eigenvalue weighted by molar-refractivity contribution is 5.44. The third-order valence-corrected chi connectivity index (χ3v) is 3.58. The second-order valence-electron chi connectivity index (χ2n) is 4.94. The highest BCUT2D eigenvalue weighted by Gasteiger charge is 2.14. The van der Waals surface area contributed by atoms with Gasteiger partial charge in [-0.15, -0.1) is 0 Å². The zero-order valence-corrected chi connectivity index (χ0v) is 12.0. The number of hydrogen-bond donors (Lipinski definition) is 1. The Kier molecular flexibility index (Phi) is 4.65. The molecular weight excluding hydrogens is 271 g/mol. The van der Waals surface area contributed by atoms with Crippen LogP contribution in [0.1, 0.15) is 29.7 Å². The Bertz CT molecular complexity index is 658. The highest BCUT2D eigenvalue weighted by atomic mass is 19.1. The number of hydrogen-bond acceptors (Lipinski definition) is 3. The molecule has 0 aromatic heterocycles. The molecule has 0 fully saturated rings. The summed E-state index contributed by atoms with van der Waals surface area (Å²) < 4.78 is 13.7. The first-order valence-electron chi connectivity index (χ1n) is 6.71. The van der Waals surface area contributed by atoms with Gasteiger partial charge in [0.1, 0.15) is 5.82 Å². The largest absolute Gasteiger partial charge is 0.306 e. The predicted octanol–water partition coefficient (Wildman–Crippen LogP) is 3.89. The molecule has 0 bridgehead atoms. The van der Waals surface area contributed by atoms with Crippen LogP contribution in [0.2, 0.25) is 0 Å². The summed E-state index contributed by atoms with van der Waals surface area (Å²) in [6, 6.07) is 11.4. The smallest absolute Gasteiger partial charge is 0.272 e. The molecule has 0 spiro atoms. The number of rotatable bonds is 5. The second-order valence-corrected chi connectivity index (χ2v) is 4.94. The van der Waals surface area contributed by atoms with Crippen LogP contribution in [0.3, 0.4) is 0 Å². The van der Waals surface area contributed by atoms with Crippen molar-refractivity contribution in [3.63, 3.8) is 0 Å². The number of halogens is 1. The van der Waals surface area contributed by atoms with Crippen LogP contribution in [0.15, 0.2) is 42.5 Å². The molecule has 0 aliphatic rings. The van der Waals surface area contributed by atoms with Crippen molar-refractivity contribution in [1.29, 1.82) is 0 Å². The molecule has 0 aliphatic carbocycles. The van der Waals surface area contributed by atoms with Crippen LogP contribution in [0.25, 0.3) is 0 Å². The van der Waals surface area contributed by atoms with Gasteiger partial charge in [-0.05, 0) is 25.5 Å².